The minimum absolute atomic E-state index is 0.319. The van der Waals surface area contributed by atoms with Crippen LogP contribution in [-0.2, 0) is 6.42 Å². The summed E-state index contributed by atoms with van der Waals surface area (Å²) in [6.45, 7) is 10.0. The van der Waals surface area contributed by atoms with E-state index in [0.717, 1.165) is 40.9 Å². The van der Waals surface area contributed by atoms with Crippen LogP contribution in [0.5, 0.6) is 0 Å². The van der Waals surface area contributed by atoms with Gasteiger partial charge in [-0.15, -0.1) is 12.8 Å². The van der Waals surface area contributed by atoms with E-state index in [1.165, 1.54) is 31.0 Å². The number of hydrogen-bond acceptors (Lipinski definition) is 4. The summed E-state index contributed by atoms with van der Waals surface area (Å²) in [4.78, 5) is 12.3. The minimum atomic E-state index is -0.414. The van der Waals surface area contributed by atoms with Crippen LogP contribution in [0.4, 0.5) is 14.5 Å². The summed E-state index contributed by atoms with van der Waals surface area (Å²) in [5.74, 6) is 0.329. The molecule has 4 aromatic rings. The molecule has 1 aliphatic rings. The summed E-state index contributed by atoms with van der Waals surface area (Å²) in [6.07, 6.45) is 20.1. The number of imidazole rings is 1. The molecule has 2 heterocycles. The fourth-order valence-electron chi connectivity index (χ4n) is 5.32. The quantitative estimate of drug-likeness (QED) is 0.109. The lowest BCUT2D eigenvalue weighted by Gasteiger charge is -2.17. The fourth-order valence-corrected chi connectivity index (χ4v) is 5.32. The largest absolute Gasteiger partial charge is 0.398 e. The van der Waals surface area contributed by atoms with E-state index in [2.05, 4.69) is 46.3 Å². The number of allylic oxidation sites excluding steroid dienone is 5. The van der Waals surface area contributed by atoms with Crippen molar-refractivity contribution in [1.82, 2.24) is 20.3 Å². The molecule has 214 valence electrons. The van der Waals surface area contributed by atoms with Gasteiger partial charge in [-0.3, -0.25) is 0 Å². The second-order valence-corrected chi connectivity index (χ2v) is 10.1. The van der Waals surface area contributed by atoms with Crippen LogP contribution in [-0.4, -0.2) is 15.0 Å². The predicted molar refractivity (Wildman–Crippen MR) is 169 cm³/mol. The molecule has 7 heteroatoms. The van der Waals surface area contributed by atoms with Gasteiger partial charge in [0.15, 0.2) is 5.65 Å². The molecule has 0 unspecified atom stereocenters. The molecule has 0 radical (unpaired) electrons. The number of nitrogen functional groups attached to an aromatic ring is 1. The van der Waals surface area contributed by atoms with E-state index in [4.69, 9.17) is 5.73 Å². The van der Waals surface area contributed by atoms with E-state index in [1.807, 2.05) is 31.2 Å². The van der Waals surface area contributed by atoms with Crippen LogP contribution in [0.25, 0.3) is 27.9 Å². The molecule has 0 aliphatic heterocycles. The molecule has 42 heavy (non-hydrogen) atoms. The van der Waals surface area contributed by atoms with Crippen molar-refractivity contribution in [2.75, 3.05) is 5.73 Å². The monoisotopic (exact) mass is 563 g/mol. The smallest absolute Gasteiger partial charge is 0.178 e. The highest BCUT2D eigenvalue weighted by molar-refractivity contribution is 5.89. The highest BCUT2D eigenvalue weighted by atomic mass is 19.1. The number of nitrogens with one attached hydrogen (secondary N) is 2. The van der Waals surface area contributed by atoms with Gasteiger partial charge in [0.1, 0.15) is 17.5 Å². The van der Waals surface area contributed by atoms with Crippen LogP contribution >= 0.6 is 0 Å². The van der Waals surface area contributed by atoms with E-state index in [9.17, 15) is 4.39 Å². The topological polar surface area (TPSA) is 79.6 Å². The molecule has 4 N–H and O–H groups in total. The Morgan fingerprint density at radius 3 is 2.62 bits per heavy atom. The van der Waals surface area contributed by atoms with Crippen molar-refractivity contribution < 1.29 is 8.78 Å². The standard InChI is InChI=1S/C33H33F2N5.C2H2/c1-4-21(16-26(5-2)38-20(3)22-9-6-7-10-22)28-17-24(30(36)19-29(28)35)18-31-39-32-27(13-14-37-33(32)40-31)23-11-8-12-25(34)15-23;1-2/h4-5,8,11-17,19,22,38H,2-3,6-7,9-10,18,36H2,1H3,(H,37,39,40);1-2H/b21-4+,26-16+;. The number of hydrogen-bond donors (Lipinski definition) is 3. The Bertz CT molecular complexity index is 1690. The van der Waals surface area contributed by atoms with Crippen LogP contribution < -0.4 is 11.1 Å². The van der Waals surface area contributed by atoms with Gasteiger partial charge in [0.2, 0.25) is 0 Å². The summed E-state index contributed by atoms with van der Waals surface area (Å²) in [6, 6.07) is 11.3. The third-order valence-electron chi connectivity index (χ3n) is 7.47. The molecule has 5 nitrogen and oxygen atoms in total. The summed E-state index contributed by atoms with van der Waals surface area (Å²) in [5, 5.41) is 3.38. The highest BCUT2D eigenvalue weighted by Gasteiger charge is 2.19. The third kappa shape index (κ3) is 6.67. The van der Waals surface area contributed by atoms with Gasteiger partial charge in [-0.2, -0.15) is 0 Å². The summed E-state index contributed by atoms with van der Waals surface area (Å²) < 4.78 is 29.1. The third-order valence-corrected chi connectivity index (χ3v) is 7.47. The normalized spacial score (nSPS) is 13.9. The van der Waals surface area contributed by atoms with Gasteiger partial charge in [-0.25, -0.2) is 18.7 Å². The molecule has 1 fully saturated rings. The molecule has 0 bridgehead atoms. The van der Waals surface area contributed by atoms with Crippen molar-refractivity contribution in [1.29, 1.82) is 0 Å². The Labute approximate surface area is 246 Å². The second-order valence-electron chi connectivity index (χ2n) is 10.1. The number of terminal acetylenes is 1. The Kier molecular flexibility index (Phi) is 9.72. The van der Waals surface area contributed by atoms with Crippen molar-refractivity contribution in [3.63, 3.8) is 0 Å². The van der Waals surface area contributed by atoms with Gasteiger partial charge >= 0.3 is 0 Å². The van der Waals surface area contributed by atoms with Crippen molar-refractivity contribution in [3.8, 4) is 24.0 Å². The van der Waals surface area contributed by atoms with Gasteiger partial charge in [-0.1, -0.05) is 44.2 Å². The number of aromatic nitrogens is 3. The average molecular weight is 564 g/mol. The van der Waals surface area contributed by atoms with Gasteiger partial charge in [0, 0.05) is 40.8 Å². The highest BCUT2D eigenvalue weighted by Crippen LogP contribution is 2.31. The zero-order valence-electron chi connectivity index (χ0n) is 23.8. The van der Waals surface area contributed by atoms with E-state index in [1.54, 1.807) is 24.4 Å². The molecule has 0 saturated heterocycles. The maximum atomic E-state index is 15.2. The van der Waals surface area contributed by atoms with Gasteiger partial charge in [0.25, 0.3) is 0 Å². The van der Waals surface area contributed by atoms with E-state index < -0.39 is 5.82 Å². The van der Waals surface area contributed by atoms with Gasteiger partial charge in [-0.05, 0) is 84.9 Å². The number of nitrogens with zero attached hydrogens (tertiary/aromatic N) is 2. The van der Waals surface area contributed by atoms with E-state index in [-0.39, 0.29) is 5.82 Å². The Morgan fingerprint density at radius 1 is 1.17 bits per heavy atom. The van der Waals surface area contributed by atoms with Gasteiger partial charge in [0.05, 0.1) is 5.52 Å². The summed E-state index contributed by atoms with van der Waals surface area (Å²) in [7, 11) is 0. The van der Waals surface area contributed by atoms with Crippen LogP contribution in [0, 0.1) is 30.4 Å². The number of halogens is 2. The van der Waals surface area contributed by atoms with Crippen molar-refractivity contribution >= 4 is 22.4 Å². The fraction of sp³-hybridized carbons (Fsp3) is 0.200. The molecule has 1 saturated carbocycles. The first-order chi connectivity index (χ1) is 20.4. The van der Waals surface area contributed by atoms with Crippen LogP contribution in [0.1, 0.15) is 49.6 Å². The second kappa shape index (κ2) is 13.6. The number of rotatable bonds is 9. The van der Waals surface area contributed by atoms with Crippen LogP contribution in [0.2, 0.25) is 0 Å². The lowest BCUT2D eigenvalue weighted by Crippen LogP contribution is -2.16. The first kappa shape index (κ1) is 30.0. The number of H-pyrrole nitrogens is 1. The molecule has 2 aromatic heterocycles. The number of nitrogens with two attached hydrogens (primary N) is 1. The number of benzene rings is 2. The first-order valence-corrected chi connectivity index (χ1v) is 13.8. The molecule has 1 aliphatic carbocycles. The van der Waals surface area contributed by atoms with Crippen molar-refractivity contribution in [2.45, 2.75) is 39.0 Å². The number of pyridine rings is 1. The lowest BCUT2D eigenvalue weighted by atomic mass is 9.98. The summed E-state index contributed by atoms with van der Waals surface area (Å²) in [5.41, 5.74) is 12.9. The zero-order valence-corrected chi connectivity index (χ0v) is 23.8. The Morgan fingerprint density at radius 2 is 1.93 bits per heavy atom. The Balaban J connectivity index is 0.00000198. The van der Waals surface area contributed by atoms with Crippen molar-refractivity contribution in [2.24, 2.45) is 5.92 Å². The minimum Gasteiger partial charge on any atom is -0.398 e. The van der Waals surface area contributed by atoms with E-state index >= 15 is 4.39 Å². The molecule has 0 atom stereocenters. The molecule has 0 amide bonds. The number of aromatic amines is 1. The first-order valence-electron chi connectivity index (χ1n) is 13.8. The number of fused-ring (bicyclic) bond motifs is 1. The van der Waals surface area contributed by atoms with Gasteiger partial charge < -0.3 is 16.0 Å². The van der Waals surface area contributed by atoms with Crippen LogP contribution in [0.15, 0.2) is 91.4 Å². The van der Waals surface area contributed by atoms with E-state index in [0.29, 0.717) is 46.2 Å². The number of anilines is 1. The Hall–Kier alpha value is -4.96. The molecule has 0 spiro atoms. The molecule has 2 aromatic carbocycles. The van der Waals surface area contributed by atoms with Crippen LogP contribution in [0.3, 0.4) is 0 Å². The SMILES string of the molecule is C#C.C=C/C(=C\C(=C/C)c1cc(Cc2nc3nccc(-c4cccc(F)c4)c3[nH]2)c(N)cc1F)NC(=C)C1CCCC1. The molecular formula is C35H35F2N5. The predicted octanol–water partition coefficient (Wildman–Crippen LogP) is 8.09. The molecular weight excluding hydrogens is 528 g/mol. The van der Waals surface area contributed by atoms with Crippen molar-refractivity contribution in [3.05, 3.63) is 120 Å². The maximum Gasteiger partial charge on any atom is 0.178 e. The zero-order chi connectivity index (χ0) is 30.2. The lowest BCUT2D eigenvalue weighted by molar-refractivity contribution is 0.607. The maximum absolute atomic E-state index is 15.2. The molecule has 5 rings (SSSR count). The summed E-state index contributed by atoms with van der Waals surface area (Å²) >= 11 is 0. The average Bonchev–Trinajstić information content (AvgIpc) is 3.68.